The van der Waals surface area contributed by atoms with Crippen molar-refractivity contribution in [1.29, 1.82) is 5.26 Å². The van der Waals surface area contributed by atoms with Gasteiger partial charge < -0.3 is 5.32 Å². The molecule has 0 aromatic heterocycles. The normalized spacial score (nSPS) is 21.1. The lowest BCUT2D eigenvalue weighted by Crippen LogP contribution is -2.42. The van der Waals surface area contributed by atoms with Gasteiger partial charge in [0.2, 0.25) is 0 Å². The summed E-state index contributed by atoms with van der Waals surface area (Å²) in [5.74, 6) is 0. The van der Waals surface area contributed by atoms with Gasteiger partial charge in [-0.1, -0.05) is 6.92 Å². The van der Waals surface area contributed by atoms with Crippen LogP contribution in [0.25, 0.3) is 0 Å². The molecular formula is C12H23N3. The molecule has 1 fully saturated rings. The molecule has 0 bridgehead atoms. The molecule has 3 nitrogen and oxygen atoms in total. The van der Waals surface area contributed by atoms with Gasteiger partial charge >= 0.3 is 0 Å². The number of hydrogen-bond acceptors (Lipinski definition) is 3. The summed E-state index contributed by atoms with van der Waals surface area (Å²) in [5.41, 5.74) is 0. The first-order valence-electron chi connectivity index (χ1n) is 6.12. The summed E-state index contributed by atoms with van der Waals surface area (Å²) < 4.78 is 0. The van der Waals surface area contributed by atoms with Crippen LogP contribution in [0.15, 0.2) is 0 Å². The first kappa shape index (κ1) is 12.5. The van der Waals surface area contributed by atoms with E-state index in [0.717, 1.165) is 13.0 Å². The lowest BCUT2D eigenvalue weighted by atomic mass is 10.1. The van der Waals surface area contributed by atoms with Crippen molar-refractivity contribution in [3.8, 4) is 6.07 Å². The molecule has 2 unspecified atom stereocenters. The van der Waals surface area contributed by atoms with E-state index in [1.54, 1.807) is 0 Å². The van der Waals surface area contributed by atoms with E-state index in [4.69, 9.17) is 5.26 Å². The zero-order chi connectivity index (χ0) is 11.1. The van der Waals surface area contributed by atoms with Gasteiger partial charge in [0.15, 0.2) is 0 Å². The van der Waals surface area contributed by atoms with Gasteiger partial charge in [0, 0.05) is 18.6 Å². The number of nitriles is 1. The molecule has 1 N–H and O–H groups in total. The van der Waals surface area contributed by atoms with Crippen LogP contribution in [0.1, 0.15) is 39.5 Å². The molecule has 0 spiro atoms. The molecule has 0 aromatic rings. The van der Waals surface area contributed by atoms with Crippen molar-refractivity contribution in [3.05, 3.63) is 0 Å². The highest BCUT2D eigenvalue weighted by Crippen LogP contribution is 2.11. The largest absolute Gasteiger partial charge is 0.311 e. The van der Waals surface area contributed by atoms with Crippen molar-refractivity contribution in [2.75, 3.05) is 19.6 Å². The van der Waals surface area contributed by atoms with E-state index in [-0.39, 0.29) is 0 Å². The van der Waals surface area contributed by atoms with Crippen molar-refractivity contribution in [3.63, 3.8) is 0 Å². The summed E-state index contributed by atoms with van der Waals surface area (Å²) in [6, 6.07) is 3.22. The molecule has 86 valence electrons. The summed E-state index contributed by atoms with van der Waals surface area (Å²) in [7, 11) is 0. The molecule has 0 radical (unpaired) electrons. The summed E-state index contributed by atoms with van der Waals surface area (Å²) in [6.45, 7) is 7.92. The van der Waals surface area contributed by atoms with E-state index in [2.05, 4.69) is 30.1 Å². The fourth-order valence-electron chi connectivity index (χ4n) is 2.12. The van der Waals surface area contributed by atoms with Crippen LogP contribution in [0, 0.1) is 11.3 Å². The van der Waals surface area contributed by atoms with Gasteiger partial charge in [-0.3, -0.25) is 4.90 Å². The van der Waals surface area contributed by atoms with Crippen molar-refractivity contribution in [2.24, 2.45) is 0 Å². The second-order valence-corrected chi connectivity index (χ2v) is 4.47. The van der Waals surface area contributed by atoms with E-state index in [1.165, 1.54) is 25.9 Å². The summed E-state index contributed by atoms with van der Waals surface area (Å²) in [6.07, 6.45) is 4.36. The Morgan fingerprint density at radius 3 is 2.60 bits per heavy atom. The van der Waals surface area contributed by atoms with Gasteiger partial charge in [-0.2, -0.15) is 5.26 Å². The molecule has 0 aromatic carbocycles. The Labute approximate surface area is 93.5 Å². The highest BCUT2D eigenvalue weighted by Gasteiger charge is 2.18. The molecule has 1 aliphatic heterocycles. The van der Waals surface area contributed by atoms with Crippen molar-refractivity contribution in [2.45, 2.75) is 51.6 Å². The smallest absolute Gasteiger partial charge is 0.0638 e. The van der Waals surface area contributed by atoms with Gasteiger partial charge in [0.25, 0.3) is 0 Å². The van der Waals surface area contributed by atoms with E-state index in [1.807, 2.05) is 0 Å². The number of rotatable bonds is 6. The molecule has 15 heavy (non-hydrogen) atoms. The Bertz CT molecular complexity index is 203. The molecule has 1 saturated heterocycles. The Kier molecular flexibility index (Phi) is 5.67. The van der Waals surface area contributed by atoms with Crippen molar-refractivity contribution in [1.82, 2.24) is 10.2 Å². The maximum atomic E-state index is 8.64. The van der Waals surface area contributed by atoms with Crippen molar-refractivity contribution >= 4 is 0 Å². The monoisotopic (exact) mass is 209 g/mol. The first-order chi connectivity index (χ1) is 7.27. The van der Waals surface area contributed by atoms with Crippen molar-refractivity contribution < 1.29 is 0 Å². The molecule has 0 saturated carbocycles. The maximum Gasteiger partial charge on any atom is 0.0638 e. The topological polar surface area (TPSA) is 39.1 Å². The predicted molar refractivity (Wildman–Crippen MR) is 62.6 cm³/mol. The molecule has 1 rings (SSSR count). The molecule has 0 amide bonds. The van der Waals surface area contributed by atoms with Gasteiger partial charge in [0.05, 0.1) is 12.5 Å². The third-order valence-electron chi connectivity index (χ3n) is 3.30. The Morgan fingerprint density at radius 1 is 1.40 bits per heavy atom. The summed E-state index contributed by atoms with van der Waals surface area (Å²) >= 11 is 0. The zero-order valence-electron chi connectivity index (χ0n) is 10.00. The second kappa shape index (κ2) is 6.81. The first-order valence-corrected chi connectivity index (χ1v) is 6.12. The fraction of sp³-hybridized carbons (Fsp3) is 0.917. The molecule has 1 heterocycles. The average Bonchev–Trinajstić information content (AvgIpc) is 2.77. The van der Waals surface area contributed by atoms with E-state index >= 15 is 0 Å². The standard InChI is InChI=1S/C12H23N3/c1-3-12(6-7-13)14-10-11(2)15-8-4-5-9-15/h11-12,14H,3-6,8-10H2,1-2H3. The Balaban J connectivity index is 2.19. The van der Waals surface area contributed by atoms with Gasteiger partial charge in [-0.25, -0.2) is 0 Å². The molecule has 0 aliphatic carbocycles. The van der Waals surface area contributed by atoms with Crippen LogP contribution in [0.3, 0.4) is 0 Å². The van der Waals surface area contributed by atoms with E-state index in [0.29, 0.717) is 18.5 Å². The van der Waals surface area contributed by atoms with Crippen LogP contribution < -0.4 is 5.32 Å². The van der Waals surface area contributed by atoms with Crippen LogP contribution in [-0.2, 0) is 0 Å². The average molecular weight is 209 g/mol. The fourth-order valence-corrected chi connectivity index (χ4v) is 2.12. The lowest BCUT2D eigenvalue weighted by molar-refractivity contribution is 0.245. The van der Waals surface area contributed by atoms with Crippen LogP contribution in [-0.4, -0.2) is 36.6 Å². The second-order valence-electron chi connectivity index (χ2n) is 4.47. The van der Waals surface area contributed by atoms with Gasteiger partial charge in [0.1, 0.15) is 0 Å². The highest BCUT2D eigenvalue weighted by atomic mass is 15.2. The third-order valence-corrected chi connectivity index (χ3v) is 3.30. The Morgan fingerprint density at radius 2 is 2.07 bits per heavy atom. The summed E-state index contributed by atoms with van der Waals surface area (Å²) in [4.78, 5) is 2.53. The lowest BCUT2D eigenvalue weighted by Gasteiger charge is -2.25. The SMILES string of the molecule is CCC(CC#N)NCC(C)N1CCCC1. The minimum absolute atomic E-state index is 0.375. The van der Waals surface area contributed by atoms with E-state index in [9.17, 15) is 0 Å². The number of nitrogens with zero attached hydrogens (tertiary/aromatic N) is 2. The molecular weight excluding hydrogens is 186 g/mol. The maximum absolute atomic E-state index is 8.64. The number of hydrogen-bond donors (Lipinski definition) is 1. The number of nitrogens with one attached hydrogen (secondary N) is 1. The quantitative estimate of drug-likeness (QED) is 0.724. The van der Waals surface area contributed by atoms with Gasteiger partial charge in [-0.15, -0.1) is 0 Å². The minimum Gasteiger partial charge on any atom is -0.311 e. The predicted octanol–water partition coefficient (Wildman–Crippen LogP) is 1.75. The molecule has 3 heteroatoms. The van der Waals surface area contributed by atoms with Crippen LogP contribution in [0.4, 0.5) is 0 Å². The summed E-state index contributed by atoms with van der Waals surface area (Å²) in [5, 5.41) is 12.1. The van der Waals surface area contributed by atoms with Crippen LogP contribution in [0.5, 0.6) is 0 Å². The highest BCUT2D eigenvalue weighted by molar-refractivity contribution is 4.82. The number of likely N-dealkylation sites (tertiary alicyclic amines) is 1. The molecule has 1 aliphatic rings. The van der Waals surface area contributed by atoms with Gasteiger partial charge in [-0.05, 0) is 39.3 Å². The van der Waals surface area contributed by atoms with Crippen LogP contribution in [0.2, 0.25) is 0 Å². The molecule has 2 atom stereocenters. The van der Waals surface area contributed by atoms with Crippen LogP contribution >= 0.6 is 0 Å². The van der Waals surface area contributed by atoms with E-state index < -0.39 is 0 Å². The third kappa shape index (κ3) is 4.19. The minimum atomic E-state index is 0.375. The zero-order valence-corrected chi connectivity index (χ0v) is 10.00. The Hall–Kier alpha value is -0.590.